The molecule has 1 aliphatic rings. The highest BCUT2D eigenvalue weighted by Gasteiger charge is 2.34. The second-order valence-electron chi connectivity index (χ2n) is 8.42. The second kappa shape index (κ2) is 17.2. The Kier molecular flexibility index (Phi) is 14.0. The van der Waals surface area contributed by atoms with Crippen molar-refractivity contribution in [2.45, 2.75) is 64.4 Å². The minimum atomic E-state index is -0.584. The highest BCUT2D eigenvalue weighted by Crippen LogP contribution is 2.37. The van der Waals surface area contributed by atoms with Crippen molar-refractivity contribution in [3.8, 4) is 23.7 Å². The summed E-state index contributed by atoms with van der Waals surface area (Å²) in [4.78, 5) is 12.8. The molecule has 180 valence electrons. The van der Waals surface area contributed by atoms with Crippen LogP contribution >= 0.6 is 0 Å². The average molecular weight is 453 g/mol. The van der Waals surface area contributed by atoms with Gasteiger partial charge in [-0.2, -0.15) is 0 Å². The Balaban J connectivity index is 1.87. The summed E-state index contributed by atoms with van der Waals surface area (Å²) in [5.74, 6) is 12.3. The Bertz CT molecular complexity index is 780. The molecule has 1 saturated carbocycles. The Hall–Kier alpha value is -2.31. The summed E-state index contributed by atoms with van der Waals surface area (Å²) in [5.41, 5.74) is 1.38. The van der Waals surface area contributed by atoms with Gasteiger partial charge in [-0.3, -0.25) is 0 Å². The topological polar surface area (TPSA) is 59.6 Å². The number of esters is 1. The molecule has 0 saturated heterocycles. The number of rotatable bonds is 12. The molecule has 2 rings (SSSR count). The van der Waals surface area contributed by atoms with Gasteiger partial charge < -0.3 is 20.1 Å². The van der Waals surface area contributed by atoms with Gasteiger partial charge in [0.05, 0.1) is 13.1 Å². The molecule has 2 N–H and O–H groups in total. The van der Waals surface area contributed by atoms with E-state index in [-0.39, 0.29) is 25.1 Å². The van der Waals surface area contributed by atoms with E-state index in [0.29, 0.717) is 19.0 Å². The molecular weight excluding hydrogens is 412 g/mol. The minimum absolute atomic E-state index is 0.0957. The molecule has 0 aromatic heterocycles. The van der Waals surface area contributed by atoms with Gasteiger partial charge in [-0.1, -0.05) is 67.9 Å². The fraction of sp³-hybridized carbons (Fsp3) is 0.607. The molecule has 1 atom stereocenters. The first kappa shape index (κ1) is 26.9. The zero-order valence-electron chi connectivity index (χ0n) is 20.3. The van der Waals surface area contributed by atoms with Crippen LogP contribution in [0.3, 0.4) is 0 Å². The number of hydrogen-bond donors (Lipinski definition) is 2. The highest BCUT2D eigenvalue weighted by atomic mass is 16.6. The smallest absolute Gasteiger partial charge is 0.336 e. The van der Waals surface area contributed by atoms with Crippen LogP contribution in [0.5, 0.6) is 0 Å². The molecule has 5 nitrogen and oxygen atoms in total. The van der Waals surface area contributed by atoms with Crippen molar-refractivity contribution in [2.24, 2.45) is 5.92 Å². The van der Waals surface area contributed by atoms with E-state index in [1.807, 2.05) is 0 Å². The number of nitrogens with one attached hydrogen (secondary N) is 2. The fourth-order valence-electron chi connectivity index (χ4n) is 4.08. The lowest BCUT2D eigenvalue weighted by molar-refractivity contribution is -0.159. The summed E-state index contributed by atoms with van der Waals surface area (Å²) in [7, 11) is 0. The van der Waals surface area contributed by atoms with Crippen molar-refractivity contribution in [2.75, 3.05) is 39.4 Å². The van der Waals surface area contributed by atoms with E-state index in [1.165, 1.54) is 5.56 Å². The zero-order chi connectivity index (χ0) is 23.6. The summed E-state index contributed by atoms with van der Waals surface area (Å²) in [5, 5.41) is 6.45. The largest absolute Gasteiger partial charge is 0.451 e. The fourth-order valence-corrected chi connectivity index (χ4v) is 4.08. The van der Waals surface area contributed by atoms with Gasteiger partial charge in [-0.05, 0) is 69.0 Å². The van der Waals surface area contributed by atoms with E-state index in [1.54, 1.807) is 0 Å². The molecule has 0 amide bonds. The maximum atomic E-state index is 12.8. The lowest BCUT2D eigenvalue weighted by Crippen LogP contribution is -2.36. The van der Waals surface area contributed by atoms with Gasteiger partial charge in [-0.15, -0.1) is 0 Å². The van der Waals surface area contributed by atoms with Crippen LogP contribution in [0.15, 0.2) is 30.3 Å². The van der Waals surface area contributed by atoms with Gasteiger partial charge in [0.1, 0.15) is 6.61 Å². The van der Waals surface area contributed by atoms with Crippen LogP contribution in [0.2, 0.25) is 0 Å². The van der Waals surface area contributed by atoms with E-state index in [4.69, 9.17) is 9.47 Å². The molecule has 0 spiro atoms. The van der Waals surface area contributed by atoms with Crippen molar-refractivity contribution in [1.29, 1.82) is 0 Å². The second-order valence-corrected chi connectivity index (χ2v) is 8.42. The van der Waals surface area contributed by atoms with E-state index >= 15 is 0 Å². The van der Waals surface area contributed by atoms with Gasteiger partial charge in [0.2, 0.25) is 0 Å². The average Bonchev–Trinajstić information content (AvgIpc) is 2.86. The Morgan fingerprint density at radius 3 is 2.12 bits per heavy atom. The van der Waals surface area contributed by atoms with Gasteiger partial charge in [0.15, 0.2) is 12.7 Å². The van der Waals surface area contributed by atoms with Crippen LogP contribution in [0.25, 0.3) is 0 Å². The third kappa shape index (κ3) is 10.9. The van der Waals surface area contributed by atoms with Crippen molar-refractivity contribution < 1.29 is 14.3 Å². The van der Waals surface area contributed by atoms with E-state index in [9.17, 15) is 4.79 Å². The standard InChI is InChI=1S/C28H40N2O3/c1-3-18-29-20-8-10-22-32-27(28(31)33-23-11-9-21-30-19-4-2)26-16-14-25(15-17-26)24-12-6-5-7-13-24/h5-7,12-13,25-27,29-30H,3-4,14-23H2,1-2H3/t25?,26?,27-/m1/s1. The third-order valence-electron chi connectivity index (χ3n) is 5.86. The van der Waals surface area contributed by atoms with Crippen molar-refractivity contribution in [1.82, 2.24) is 10.6 Å². The summed E-state index contributed by atoms with van der Waals surface area (Å²) < 4.78 is 11.4. The zero-order valence-corrected chi connectivity index (χ0v) is 20.3. The molecule has 1 aromatic rings. The molecule has 1 aliphatic carbocycles. The van der Waals surface area contributed by atoms with Crippen LogP contribution in [-0.2, 0) is 14.3 Å². The maximum absolute atomic E-state index is 12.8. The van der Waals surface area contributed by atoms with Crippen LogP contribution < -0.4 is 10.6 Å². The van der Waals surface area contributed by atoms with Crippen LogP contribution in [-0.4, -0.2) is 51.5 Å². The van der Waals surface area contributed by atoms with Gasteiger partial charge in [-0.25, -0.2) is 4.79 Å². The predicted octanol–water partition coefficient (Wildman–Crippen LogP) is 3.89. The molecule has 0 heterocycles. The highest BCUT2D eigenvalue weighted by molar-refractivity contribution is 5.75. The lowest BCUT2D eigenvalue weighted by Gasteiger charge is -2.32. The van der Waals surface area contributed by atoms with Crippen molar-refractivity contribution >= 4 is 5.97 Å². The number of hydrogen-bond acceptors (Lipinski definition) is 5. The first-order valence-corrected chi connectivity index (χ1v) is 12.4. The van der Waals surface area contributed by atoms with Crippen molar-refractivity contribution in [3.05, 3.63) is 35.9 Å². The molecule has 0 unspecified atom stereocenters. The summed E-state index contributed by atoms with van der Waals surface area (Å²) in [6, 6.07) is 10.6. The van der Waals surface area contributed by atoms with E-state index in [2.05, 4.69) is 78.5 Å². The number of carbonyl (C=O) groups is 1. The summed E-state index contributed by atoms with van der Waals surface area (Å²) in [6.45, 7) is 7.69. The molecule has 5 heteroatoms. The van der Waals surface area contributed by atoms with Gasteiger partial charge in [0, 0.05) is 0 Å². The number of benzene rings is 1. The molecule has 0 bridgehead atoms. The minimum Gasteiger partial charge on any atom is -0.451 e. The van der Waals surface area contributed by atoms with Crippen molar-refractivity contribution in [3.63, 3.8) is 0 Å². The SMILES string of the molecule is CCCNCC#CCOC(=O)[C@H](OCC#CCNCCC)C1CCC(c2ccccc2)CC1. The normalized spacial score (nSPS) is 18.4. The van der Waals surface area contributed by atoms with Crippen LogP contribution in [0.1, 0.15) is 63.9 Å². The molecule has 1 fully saturated rings. The molecule has 0 radical (unpaired) electrons. The maximum Gasteiger partial charge on any atom is 0.336 e. The number of carbonyl (C=O) groups excluding carboxylic acids is 1. The van der Waals surface area contributed by atoms with E-state index in [0.717, 1.165) is 51.6 Å². The molecule has 0 aliphatic heterocycles. The third-order valence-corrected chi connectivity index (χ3v) is 5.86. The number of ether oxygens (including phenoxy) is 2. The van der Waals surface area contributed by atoms with Gasteiger partial charge in [0.25, 0.3) is 0 Å². The quantitative estimate of drug-likeness (QED) is 0.286. The molecule has 1 aromatic carbocycles. The summed E-state index contributed by atoms with van der Waals surface area (Å²) in [6.07, 6.45) is 5.55. The molecular formula is C28H40N2O3. The predicted molar refractivity (Wildman–Crippen MR) is 134 cm³/mol. The Morgan fingerprint density at radius 1 is 0.909 bits per heavy atom. The lowest BCUT2D eigenvalue weighted by atomic mass is 9.76. The first-order chi connectivity index (χ1) is 16.3. The Morgan fingerprint density at radius 2 is 1.52 bits per heavy atom. The Labute approximate surface area is 200 Å². The molecule has 33 heavy (non-hydrogen) atoms. The van der Waals surface area contributed by atoms with Crippen LogP contribution in [0.4, 0.5) is 0 Å². The first-order valence-electron chi connectivity index (χ1n) is 12.4. The monoisotopic (exact) mass is 452 g/mol. The van der Waals surface area contributed by atoms with E-state index < -0.39 is 6.10 Å². The van der Waals surface area contributed by atoms with Crippen LogP contribution in [0, 0.1) is 29.6 Å². The summed E-state index contributed by atoms with van der Waals surface area (Å²) >= 11 is 0. The van der Waals surface area contributed by atoms with Gasteiger partial charge >= 0.3 is 5.97 Å².